The maximum atomic E-state index is 13.3. The van der Waals surface area contributed by atoms with Crippen molar-refractivity contribution in [2.24, 2.45) is 5.92 Å². The van der Waals surface area contributed by atoms with Crippen LogP contribution < -0.4 is 5.32 Å². The van der Waals surface area contributed by atoms with E-state index in [2.05, 4.69) is 5.32 Å². The largest absolute Gasteiger partial charge is 0.328 e. The number of rotatable bonds is 3. The predicted molar refractivity (Wildman–Crippen MR) is 95.6 cm³/mol. The van der Waals surface area contributed by atoms with E-state index >= 15 is 0 Å². The van der Waals surface area contributed by atoms with E-state index in [4.69, 9.17) is 0 Å². The average molecular weight is 359 g/mol. The second-order valence-electron chi connectivity index (χ2n) is 7.68. The number of piperidine rings is 1. The van der Waals surface area contributed by atoms with Gasteiger partial charge in [0.05, 0.1) is 12.1 Å². The van der Waals surface area contributed by atoms with Gasteiger partial charge < -0.3 is 4.90 Å². The Balaban J connectivity index is 1.62. The van der Waals surface area contributed by atoms with Crippen LogP contribution in [0.25, 0.3) is 0 Å². The molecule has 0 aromatic heterocycles. The summed E-state index contributed by atoms with van der Waals surface area (Å²) >= 11 is 0. The molecule has 1 aromatic carbocycles. The van der Waals surface area contributed by atoms with Gasteiger partial charge in [-0.3, -0.25) is 15.0 Å². The van der Waals surface area contributed by atoms with Crippen LogP contribution in [0.5, 0.6) is 0 Å². The molecule has 5 nitrogen and oxygen atoms in total. The molecular formula is C20H26FN3O2. The number of nitrogens with zero attached hydrogens (tertiary/aromatic N) is 2. The Bertz CT molecular complexity index is 672. The maximum absolute atomic E-state index is 13.3. The summed E-state index contributed by atoms with van der Waals surface area (Å²) in [5, 5.41) is 3.37. The fraction of sp³-hybridized carbons (Fsp3) is 0.600. The van der Waals surface area contributed by atoms with E-state index < -0.39 is 0 Å². The molecule has 2 unspecified atom stereocenters. The second-order valence-corrected chi connectivity index (χ2v) is 7.68. The first-order chi connectivity index (χ1) is 12.6. The molecule has 1 aliphatic carbocycles. The molecule has 1 aromatic rings. The number of urea groups is 1. The van der Waals surface area contributed by atoms with E-state index in [9.17, 15) is 14.0 Å². The van der Waals surface area contributed by atoms with E-state index in [-0.39, 0.29) is 35.9 Å². The number of fused-ring (bicyclic) bond motifs is 1. The Morgan fingerprint density at radius 1 is 1.00 bits per heavy atom. The van der Waals surface area contributed by atoms with Crippen LogP contribution in [0.3, 0.4) is 0 Å². The summed E-state index contributed by atoms with van der Waals surface area (Å²) in [6, 6.07) is 6.09. The molecule has 3 amide bonds. The molecule has 1 N–H and O–H groups in total. The summed E-state index contributed by atoms with van der Waals surface area (Å²) in [6.07, 6.45) is 6.65. The van der Waals surface area contributed by atoms with Crippen molar-refractivity contribution in [2.45, 2.75) is 63.7 Å². The van der Waals surface area contributed by atoms with Gasteiger partial charge in [-0.25, -0.2) is 9.18 Å². The second kappa shape index (κ2) is 7.35. The Hall–Kier alpha value is -1.95. The van der Waals surface area contributed by atoms with Crippen molar-refractivity contribution in [2.75, 3.05) is 6.54 Å². The monoisotopic (exact) mass is 359 g/mol. The molecule has 2 saturated heterocycles. The fourth-order valence-corrected chi connectivity index (χ4v) is 4.62. The third kappa shape index (κ3) is 3.22. The highest BCUT2D eigenvalue weighted by atomic mass is 19.1. The number of hydrogen-bond acceptors (Lipinski definition) is 3. The van der Waals surface area contributed by atoms with Gasteiger partial charge in [0.2, 0.25) is 5.91 Å². The highest BCUT2D eigenvalue weighted by molar-refractivity contribution is 5.99. The van der Waals surface area contributed by atoms with Crippen LogP contribution in [0.15, 0.2) is 24.3 Å². The molecular weight excluding hydrogens is 333 g/mol. The Morgan fingerprint density at radius 2 is 1.73 bits per heavy atom. The smallest absolute Gasteiger partial charge is 0.304 e. The lowest BCUT2D eigenvalue weighted by Crippen LogP contribution is -2.68. The van der Waals surface area contributed by atoms with Gasteiger partial charge in [-0.05, 0) is 49.9 Å². The molecule has 0 bridgehead atoms. The molecule has 6 heteroatoms. The summed E-state index contributed by atoms with van der Waals surface area (Å²) < 4.78 is 13.2. The number of nitrogens with one attached hydrogen (secondary N) is 1. The van der Waals surface area contributed by atoms with E-state index in [0.717, 1.165) is 50.6 Å². The number of carbonyl (C=O) groups is 2. The Kier molecular flexibility index (Phi) is 4.94. The number of halogens is 1. The standard InChI is InChI=1S/C20H26FN3O2/c21-15-10-8-14(9-11-15)13-23-18-17(7-4-12-22-18)19(25)24(20(23)26)16-5-2-1-3-6-16/h8-11,16-18,22H,1-7,12-13H2. The number of amides is 3. The quantitative estimate of drug-likeness (QED) is 0.901. The molecule has 3 aliphatic rings. The van der Waals surface area contributed by atoms with Gasteiger partial charge in [0.15, 0.2) is 0 Å². The first kappa shape index (κ1) is 17.5. The molecule has 26 heavy (non-hydrogen) atoms. The molecule has 3 fully saturated rings. The van der Waals surface area contributed by atoms with Crippen molar-refractivity contribution >= 4 is 11.9 Å². The van der Waals surface area contributed by atoms with Crippen molar-refractivity contribution in [1.29, 1.82) is 0 Å². The van der Waals surface area contributed by atoms with Crippen LogP contribution in [0, 0.1) is 11.7 Å². The number of benzene rings is 1. The van der Waals surface area contributed by atoms with Crippen molar-refractivity contribution in [3.8, 4) is 0 Å². The number of carbonyl (C=O) groups excluding carboxylic acids is 2. The zero-order chi connectivity index (χ0) is 18.1. The van der Waals surface area contributed by atoms with Crippen LogP contribution in [0.1, 0.15) is 50.5 Å². The van der Waals surface area contributed by atoms with E-state index in [1.807, 2.05) is 0 Å². The van der Waals surface area contributed by atoms with Gasteiger partial charge in [0.1, 0.15) is 5.82 Å². The van der Waals surface area contributed by atoms with Crippen LogP contribution in [0.2, 0.25) is 0 Å². The van der Waals surface area contributed by atoms with Crippen molar-refractivity contribution in [3.63, 3.8) is 0 Å². The van der Waals surface area contributed by atoms with Crippen LogP contribution in [-0.4, -0.2) is 40.5 Å². The van der Waals surface area contributed by atoms with Gasteiger partial charge >= 0.3 is 6.03 Å². The van der Waals surface area contributed by atoms with Gasteiger partial charge in [0.25, 0.3) is 0 Å². The lowest BCUT2D eigenvalue weighted by atomic mass is 9.87. The minimum atomic E-state index is -0.286. The fourth-order valence-electron chi connectivity index (χ4n) is 4.62. The zero-order valence-electron chi connectivity index (χ0n) is 15.0. The van der Waals surface area contributed by atoms with E-state index in [1.54, 1.807) is 21.9 Å². The highest BCUT2D eigenvalue weighted by Crippen LogP contribution is 2.33. The summed E-state index contributed by atoms with van der Waals surface area (Å²) in [6.45, 7) is 1.20. The van der Waals surface area contributed by atoms with Crippen LogP contribution in [0.4, 0.5) is 9.18 Å². The lowest BCUT2D eigenvalue weighted by Gasteiger charge is -2.49. The number of imide groups is 1. The molecule has 0 radical (unpaired) electrons. The predicted octanol–water partition coefficient (Wildman–Crippen LogP) is 3.25. The van der Waals surface area contributed by atoms with Crippen molar-refractivity contribution in [1.82, 2.24) is 15.1 Å². The lowest BCUT2D eigenvalue weighted by molar-refractivity contribution is -0.144. The Morgan fingerprint density at radius 3 is 2.46 bits per heavy atom. The van der Waals surface area contributed by atoms with E-state index in [1.165, 1.54) is 18.6 Å². The third-order valence-electron chi connectivity index (χ3n) is 5.97. The highest BCUT2D eigenvalue weighted by Gasteiger charge is 2.49. The summed E-state index contributed by atoms with van der Waals surface area (Å²) in [7, 11) is 0. The molecule has 1 saturated carbocycles. The first-order valence-electron chi connectivity index (χ1n) is 9.76. The SMILES string of the molecule is O=C1C2CCCNC2N(Cc2ccc(F)cc2)C(=O)N1C1CCCCC1. The topological polar surface area (TPSA) is 52.7 Å². The average Bonchev–Trinajstić information content (AvgIpc) is 2.68. The zero-order valence-corrected chi connectivity index (χ0v) is 15.0. The van der Waals surface area contributed by atoms with Gasteiger partial charge in [-0.15, -0.1) is 0 Å². The van der Waals surface area contributed by atoms with Gasteiger partial charge in [0, 0.05) is 12.6 Å². The molecule has 140 valence electrons. The maximum Gasteiger partial charge on any atom is 0.328 e. The Labute approximate surface area is 153 Å². The molecule has 2 heterocycles. The minimum Gasteiger partial charge on any atom is -0.304 e. The van der Waals surface area contributed by atoms with Crippen molar-refractivity contribution in [3.05, 3.63) is 35.6 Å². The molecule has 2 atom stereocenters. The summed E-state index contributed by atoms with van der Waals surface area (Å²) in [5.41, 5.74) is 0.879. The third-order valence-corrected chi connectivity index (χ3v) is 5.97. The summed E-state index contributed by atoms with van der Waals surface area (Å²) in [5.74, 6) is -0.468. The van der Waals surface area contributed by atoms with Crippen molar-refractivity contribution < 1.29 is 14.0 Å². The molecule has 0 spiro atoms. The minimum absolute atomic E-state index is 0.00513. The normalized spacial score (nSPS) is 27.6. The van der Waals surface area contributed by atoms with Crippen LogP contribution in [-0.2, 0) is 11.3 Å². The molecule has 2 aliphatic heterocycles. The van der Waals surface area contributed by atoms with Crippen LogP contribution >= 0.6 is 0 Å². The molecule has 4 rings (SSSR count). The van der Waals surface area contributed by atoms with Gasteiger partial charge in [-0.2, -0.15) is 0 Å². The summed E-state index contributed by atoms with van der Waals surface area (Å²) in [4.78, 5) is 29.7. The van der Waals surface area contributed by atoms with E-state index in [0.29, 0.717) is 6.54 Å². The first-order valence-corrected chi connectivity index (χ1v) is 9.76. The van der Waals surface area contributed by atoms with Gasteiger partial charge in [-0.1, -0.05) is 31.4 Å². The number of hydrogen-bond donors (Lipinski definition) is 1.